The number of aliphatic hydroxyl groups is 1. The van der Waals surface area contributed by atoms with Gasteiger partial charge in [0.2, 0.25) is 11.8 Å². The van der Waals surface area contributed by atoms with Crippen LogP contribution in [-0.4, -0.2) is 58.5 Å². The van der Waals surface area contributed by atoms with Gasteiger partial charge in [0, 0.05) is 39.0 Å². The monoisotopic (exact) mass is 226 g/mol. The summed E-state index contributed by atoms with van der Waals surface area (Å²) in [4.78, 5) is 26.1. The van der Waals surface area contributed by atoms with Gasteiger partial charge >= 0.3 is 0 Å². The molecule has 0 spiro atoms. The van der Waals surface area contributed by atoms with E-state index in [0.717, 1.165) is 6.42 Å². The standard InChI is InChI=1S/C11H18N2O3/c1-2-11(16)7-12(8-11)5-6-13-9(14)3-4-10(13)15/h16H,2-8H2,1H3. The predicted molar refractivity (Wildman–Crippen MR) is 57.6 cm³/mol. The van der Waals surface area contributed by atoms with Gasteiger partial charge in [0.25, 0.3) is 0 Å². The van der Waals surface area contributed by atoms with Gasteiger partial charge in [-0.1, -0.05) is 6.92 Å². The maximum atomic E-state index is 11.3. The molecule has 0 radical (unpaired) electrons. The van der Waals surface area contributed by atoms with Crippen LogP contribution in [-0.2, 0) is 9.59 Å². The molecule has 0 aliphatic carbocycles. The Kier molecular flexibility index (Phi) is 2.99. The largest absolute Gasteiger partial charge is 0.387 e. The van der Waals surface area contributed by atoms with Crippen LogP contribution in [0.1, 0.15) is 26.2 Å². The lowest BCUT2D eigenvalue weighted by molar-refractivity contribution is -0.140. The van der Waals surface area contributed by atoms with E-state index in [2.05, 4.69) is 4.90 Å². The number of rotatable bonds is 4. The summed E-state index contributed by atoms with van der Waals surface area (Å²) in [7, 11) is 0. The summed E-state index contributed by atoms with van der Waals surface area (Å²) in [5.41, 5.74) is -0.543. The summed E-state index contributed by atoms with van der Waals surface area (Å²) in [6.45, 7) is 4.42. The van der Waals surface area contributed by atoms with E-state index in [1.165, 1.54) is 4.90 Å². The normalized spacial score (nSPS) is 25.0. The third-order valence-corrected chi connectivity index (χ3v) is 3.49. The highest BCUT2D eigenvalue weighted by molar-refractivity contribution is 6.01. The third kappa shape index (κ3) is 2.10. The molecule has 2 fully saturated rings. The van der Waals surface area contributed by atoms with E-state index < -0.39 is 5.60 Å². The average Bonchev–Trinajstić information content (AvgIpc) is 2.52. The summed E-state index contributed by atoms with van der Waals surface area (Å²) in [6.07, 6.45) is 1.47. The van der Waals surface area contributed by atoms with Crippen molar-refractivity contribution in [2.24, 2.45) is 0 Å². The Morgan fingerprint density at radius 1 is 1.19 bits per heavy atom. The Morgan fingerprint density at radius 2 is 1.75 bits per heavy atom. The van der Waals surface area contributed by atoms with Crippen molar-refractivity contribution in [2.45, 2.75) is 31.8 Å². The van der Waals surface area contributed by atoms with Crippen molar-refractivity contribution in [1.82, 2.24) is 9.80 Å². The smallest absolute Gasteiger partial charge is 0.229 e. The molecule has 0 aromatic heterocycles. The molecule has 0 saturated carbocycles. The number of hydrogen-bond donors (Lipinski definition) is 1. The van der Waals surface area contributed by atoms with Gasteiger partial charge in [-0.3, -0.25) is 19.4 Å². The van der Waals surface area contributed by atoms with Gasteiger partial charge in [-0.05, 0) is 6.42 Å². The quantitative estimate of drug-likeness (QED) is 0.662. The van der Waals surface area contributed by atoms with E-state index in [1.807, 2.05) is 6.92 Å². The number of β-amino-alcohol motifs (C(OH)–C–C–N with tert-alkyl or cyclic N) is 1. The van der Waals surface area contributed by atoms with Crippen LogP contribution >= 0.6 is 0 Å². The van der Waals surface area contributed by atoms with Gasteiger partial charge in [0.05, 0.1) is 5.60 Å². The van der Waals surface area contributed by atoms with E-state index in [0.29, 0.717) is 39.0 Å². The third-order valence-electron chi connectivity index (χ3n) is 3.49. The number of likely N-dealkylation sites (tertiary alicyclic amines) is 2. The van der Waals surface area contributed by atoms with Crippen molar-refractivity contribution >= 4 is 11.8 Å². The zero-order chi connectivity index (χ0) is 11.8. The van der Waals surface area contributed by atoms with E-state index in [4.69, 9.17) is 0 Å². The molecule has 0 atom stereocenters. The molecule has 1 N–H and O–H groups in total. The SMILES string of the molecule is CCC1(O)CN(CCN2C(=O)CCC2=O)C1. The molecule has 90 valence electrons. The van der Waals surface area contributed by atoms with Gasteiger partial charge in [-0.25, -0.2) is 0 Å². The number of carbonyl (C=O) groups is 2. The van der Waals surface area contributed by atoms with Gasteiger partial charge in [-0.2, -0.15) is 0 Å². The lowest BCUT2D eigenvalue weighted by Crippen LogP contribution is -2.62. The Hall–Kier alpha value is -0.940. The fraction of sp³-hybridized carbons (Fsp3) is 0.818. The molecule has 2 rings (SSSR count). The fourth-order valence-electron chi connectivity index (χ4n) is 2.28. The topological polar surface area (TPSA) is 60.9 Å². The van der Waals surface area contributed by atoms with Gasteiger partial charge < -0.3 is 5.11 Å². The molecule has 0 bridgehead atoms. The van der Waals surface area contributed by atoms with Crippen LogP contribution in [0.2, 0.25) is 0 Å². The highest BCUT2D eigenvalue weighted by atomic mass is 16.3. The number of imide groups is 1. The van der Waals surface area contributed by atoms with Crippen molar-refractivity contribution in [2.75, 3.05) is 26.2 Å². The van der Waals surface area contributed by atoms with E-state index in [-0.39, 0.29) is 11.8 Å². The van der Waals surface area contributed by atoms with Crippen LogP contribution in [0.15, 0.2) is 0 Å². The zero-order valence-electron chi connectivity index (χ0n) is 9.61. The molecule has 2 amide bonds. The molecule has 0 aromatic carbocycles. The van der Waals surface area contributed by atoms with Crippen molar-refractivity contribution < 1.29 is 14.7 Å². The average molecular weight is 226 g/mol. The van der Waals surface area contributed by atoms with Crippen LogP contribution in [0.5, 0.6) is 0 Å². The van der Waals surface area contributed by atoms with Crippen molar-refractivity contribution in [3.05, 3.63) is 0 Å². The first-order valence-corrected chi connectivity index (χ1v) is 5.82. The summed E-state index contributed by atoms with van der Waals surface area (Å²) in [6, 6.07) is 0. The molecular weight excluding hydrogens is 208 g/mol. The van der Waals surface area contributed by atoms with Gasteiger partial charge in [0.1, 0.15) is 0 Å². The second-order valence-corrected chi connectivity index (χ2v) is 4.73. The fourth-order valence-corrected chi connectivity index (χ4v) is 2.28. The maximum Gasteiger partial charge on any atom is 0.229 e. The number of hydrogen-bond acceptors (Lipinski definition) is 4. The molecule has 2 aliphatic rings. The highest BCUT2D eigenvalue weighted by Gasteiger charge is 2.39. The summed E-state index contributed by atoms with van der Waals surface area (Å²) < 4.78 is 0. The van der Waals surface area contributed by atoms with Crippen molar-refractivity contribution in [3.8, 4) is 0 Å². The molecule has 0 unspecified atom stereocenters. The predicted octanol–water partition coefficient (Wildman–Crippen LogP) is -0.408. The summed E-state index contributed by atoms with van der Waals surface area (Å²) in [5.74, 6) is -0.118. The zero-order valence-corrected chi connectivity index (χ0v) is 9.61. The summed E-state index contributed by atoms with van der Waals surface area (Å²) >= 11 is 0. The lowest BCUT2D eigenvalue weighted by Gasteiger charge is -2.46. The van der Waals surface area contributed by atoms with Crippen LogP contribution in [0.4, 0.5) is 0 Å². The maximum absolute atomic E-state index is 11.3. The number of amides is 2. The first-order chi connectivity index (χ1) is 7.54. The van der Waals surface area contributed by atoms with E-state index >= 15 is 0 Å². The minimum atomic E-state index is -0.543. The lowest BCUT2D eigenvalue weighted by atomic mass is 9.91. The minimum Gasteiger partial charge on any atom is -0.387 e. The second kappa shape index (κ2) is 4.14. The number of nitrogens with zero attached hydrogens (tertiary/aromatic N) is 2. The van der Waals surface area contributed by atoms with Crippen LogP contribution in [0.25, 0.3) is 0 Å². The molecule has 0 aromatic rings. The first-order valence-electron chi connectivity index (χ1n) is 5.82. The Labute approximate surface area is 95.0 Å². The second-order valence-electron chi connectivity index (χ2n) is 4.73. The van der Waals surface area contributed by atoms with Crippen LogP contribution in [0, 0.1) is 0 Å². The van der Waals surface area contributed by atoms with Gasteiger partial charge in [-0.15, -0.1) is 0 Å². The number of carbonyl (C=O) groups excluding carboxylic acids is 2. The molecular formula is C11H18N2O3. The highest BCUT2D eigenvalue weighted by Crippen LogP contribution is 2.23. The van der Waals surface area contributed by atoms with Gasteiger partial charge in [0.15, 0.2) is 0 Å². The van der Waals surface area contributed by atoms with Crippen molar-refractivity contribution in [3.63, 3.8) is 0 Å². The van der Waals surface area contributed by atoms with E-state index in [1.54, 1.807) is 0 Å². The molecule has 5 heteroatoms. The summed E-state index contributed by atoms with van der Waals surface area (Å²) in [5, 5.41) is 9.80. The first kappa shape index (κ1) is 11.5. The minimum absolute atomic E-state index is 0.0590. The van der Waals surface area contributed by atoms with Crippen molar-refractivity contribution in [1.29, 1.82) is 0 Å². The van der Waals surface area contributed by atoms with E-state index in [9.17, 15) is 14.7 Å². The Morgan fingerprint density at radius 3 is 2.25 bits per heavy atom. The molecule has 2 saturated heterocycles. The molecule has 2 heterocycles. The van der Waals surface area contributed by atoms with Crippen LogP contribution < -0.4 is 0 Å². The Balaban J connectivity index is 1.73. The molecule has 16 heavy (non-hydrogen) atoms. The molecule has 5 nitrogen and oxygen atoms in total. The Bertz CT molecular complexity index is 294. The molecule has 2 aliphatic heterocycles. The van der Waals surface area contributed by atoms with Crippen LogP contribution in [0.3, 0.4) is 0 Å².